The molecular weight excluding hydrogens is 311 g/mol. The van der Waals surface area contributed by atoms with Gasteiger partial charge < -0.3 is 10.1 Å². The van der Waals surface area contributed by atoms with Gasteiger partial charge in [-0.1, -0.05) is 17.7 Å². The molecule has 22 heavy (non-hydrogen) atoms. The van der Waals surface area contributed by atoms with Crippen molar-refractivity contribution in [3.63, 3.8) is 0 Å². The second-order valence-corrected chi connectivity index (χ2v) is 5.53. The largest absolute Gasteiger partial charge is 0.452 e. The van der Waals surface area contributed by atoms with Crippen LogP contribution in [-0.4, -0.2) is 24.0 Å². The molecule has 5 nitrogen and oxygen atoms in total. The molecule has 116 valence electrons. The van der Waals surface area contributed by atoms with Gasteiger partial charge in [-0.25, -0.2) is 9.18 Å². The van der Waals surface area contributed by atoms with Crippen molar-refractivity contribution >= 4 is 23.5 Å². The number of benzene rings is 1. The molecule has 1 aliphatic carbocycles. The Kier molecular flexibility index (Phi) is 4.99. The quantitative estimate of drug-likeness (QED) is 0.863. The van der Waals surface area contributed by atoms with Crippen LogP contribution in [0.3, 0.4) is 0 Å². The molecule has 1 N–H and O–H groups in total. The molecule has 1 aliphatic rings. The maximum atomic E-state index is 13.5. The molecule has 1 saturated carbocycles. The number of carbonyl (C=O) groups is 2. The van der Waals surface area contributed by atoms with Gasteiger partial charge in [0.25, 0.3) is 5.91 Å². The Balaban J connectivity index is 1.94. The molecule has 0 aromatic heterocycles. The number of ether oxygens (including phenoxy) is 1. The van der Waals surface area contributed by atoms with Crippen LogP contribution in [-0.2, 0) is 9.53 Å². The van der Waals surface area contributed by atoms with Crippen LogP contribution in [0.15, 0.2) is 18.2 Å². The minimum atomic E-state index is -1.02. The highest BCUT2D eigenvalue weighted by Gasteiger charge is 2.35. The van der Waals surface area contributed by atoms with Gasteiger partial charge in [0.1, 0.15) is 16.9 Å². The summed E-state index contributed by atoms with van der Waals surface area (Å²) >= 11 is 5.74. The van der Waals surface area contributed by atoms with Crippen LogP contribution < -0.4 is 5.32 Å². The van der Waals surface area contributed by atoms with Crippen molar-refractivity contribution in [1.82, 2.24) is 5.32 Å². The molecule has 1 aromatic rings. The second kappa shape index (κ2) is 6.75. The van der Waals surface area contributed by atoms with E-state index in [1.807, 2.05) is 0 Å². The van der Waals surface area contributed by atoms with Crippen LogP contribution in [0, 0.1) is 17.1 Å². The van der Waals surface area contributed by atoms with Crippen molar-refractivity contribution in [1.29, 1.82) is 5.26 Å². The summed E-state index contributed by atoms with van der Waals surface area (Å²) in [6, 6.07) is 5.88. The SMILES string of the molecule is N#CC1(NC(=O)COC(=O)c2c(F)cccc2Cl)CCCC1. The van der Waals surface area contributed by atoms with Gasteiger partial charge >= 0.3 is 5.97 Å². The van der Waals surface area contributed by atoms with Crippen LogP contribution in [0.5, 0.6) is 0 Å². The number of nitriles is 1. The molecule has 0 saturated heterocycles. The van der Waals surface area contributed by atoms with Crippen molar-refractivity contribution in [2.45, 2.75) is 31.2 Å². The molecule has 0 heterocycles. The van der Waals surface area contributed by atoms with Gasteiger partial charge in [0.2, 0.25) is 0 Å². The molecular formula is C15H14ClFN2O3. The van der Waals surface area contributed by atoms with E-state index in [9.17, 15) is 14.0 Å². The molecule has 2 rings (SSSR count). The maximum absolute atomic E-state index is 13.5. The molecule has 0 atom stereocenters. The summed E-state index contributed by atoms with van der Waals surface area (Å²) in [5.74, 6) is -2.43. The smallest absolute Gasteiger partial charge is 0.343 e. The number of nitrogens with one attached hydrogen (secondary N) is 1. The zero-order valence-corrected chi connectivity index (χ0v) is 12.5. The first-order chi connectivity index (χ1) is 10.5. The predicted molar refractivity (Wildman–Crippen MR) is 76.6 cm³/mol. The Morgan fingerprint density at radius 2 is 2.09 bits per heavy atom. The molecule has 0 radical (unpaired) electrons. The van der Waals surface area contributed by atoms with Gasteiger partial charge in [-0.2, -0.15) is 5.26 Å². The van der Waals surface area contributed by atoms with Gasteiger partial charge in [-0.15, -0.1) is 0 Å². The summed E-state index contributed by atoms with van der Waals surface area (Å²) in [5.41, 5.74) is -1.30. The van der Waals surface area contributed by atoms with Crippen molar-refractivity contribution in [2.24, 2.45) is 0 Å². The van der Waals surface area contributed by atoms with E-state index in [1.54, 1.807) is 0 Å². The molecule has 1 aromatic carbocycles. The number of halogens is 2. The van der Waals surface area contributed by atoms with E-state index in [4.69, 9.17) is 21.6 Å². The summed E-state index contributed by atoms with van der Waals surface area (Å²) < 4.78 is 18.3. The zero-order valence-electron chi connectivity index (χ0n) is 11.7. The van der Waals surface area contributed by atoms with Gasteiger partial charge in [-0.05, 0) is 37.8 Å². The Morgan fingerprint density at radius 1 is 1.41 bits per heavy atom. The predicted octanol–water partition coefficient (Wildman–Crippen LogP) is 2.59. The van der Waals surface area contributed by atoms with Crippen LogP contribution in [0.4, 0.5) is 4.39 Å². The van der Waals surface area contributed by atoms with Gasteiger partial charge in [0, 0.05) is 0 Å². The normalized spacial score (nSPS) is 15.9. The van der Waals surface area contributed by atoms with Crippen molar-refractivity contribution in [3.8, 4) is 6.07 Å². The summed E-state index contributed by atoms with van der Waals surface area (Å²) in [7, 11) is 0. The lowest BCUT2D eigenvalue weighted by Gasteiger charge is -2.21. The lowest BCUT2D eigenvalue weighted by Crippen LogP contribution is -2.46. The van der Waals surface area contributed by atoms with E-state index >= 15 is 0 Å². The first-order valence-corrected chi connectivity index (χ1v) is 7.19. The van der Waals surface area contributed by atoms with Crippen LogP contribution >= 0.6 is 11.6 Å². The Labute approximate surface area is 132 Å². The standard InChI is InChI=1S/C15H14ClFN2O3/c16-10-4-3-5-11(17)13(10)14(21)22-8-12(20)19-15(9-18)6-1-2-7-15/h3-5H,1-2,6-8H2,(H,19,20). The highest BCUT2D eigenvalue weighted by atomic mass is 35.5. The minimum absolute atomic E-state index is 0.0882. The molecule has 0 unspecified atom stereocenters. The first-order valence-electron chi connectivity index (χ1n) is 6.81. The minimum Gasteiger partial charge on any atom is -0.452 e. The number of hydrogen-bond donors (Lipinski definition) is 1. The fourth-order valence-electron chi connectivity index (χ4n) is 2.44. The Morgan fingerprint density at radius 3 is 2.68 bits per heavy atom. The fraction of sp³-hybridized carbons (Fsp3) is 0.400. The van der Waals surface area contributed by atoms with Crippen LogP contribution in [0.25, 0.3) is 0 Å². The lowest BCUT2D eigenvalue weighted by molar-refractivity contribution is -0.125. The van der Waals surface area contributed by atoms with Crippen molar-refractivity contribution < 1.29 is 18.7 Å². The van der Waals surface area contributed by atoms with E-state index in [1.165, 1.54) is 12.1 Å². The van der Waals surface area contributed by atoms with E-state index in [2.05, 4.69) is 11.4 Å². The van der Waals surface area contributed by atoms with E-state index in [0.717, 1.165) is 18.9 Å². The number of nitrogens with zero attached hydrogens (tertiary/aromatic N) is 1. The van der Waals surface area contributed by atoms with E-state index in [-0.39, 0.29) is 5.02 Å². The zero-order chi connectivity index (χ0) is 16.2. The topological polar surface area (TPSA) is 79.2 Å². The number of hydrogen-bond acceptors (Lipinski definition) is 4. The van der Waals surface area contributed by atoms with E-state index in [0.29, 0.717) is 12.8 Å². The number of rotatable bonds is 4. The molecule has 0 aliphatic heterocycles. The molecule has 1 fully saturated rings. The fourth-order valence-corrected chi connectivity index (χ4v) is 2.68. The summed E-state index contributed by atoms with van der Waals surface area (Å²) in [5, 5.41) is 11.6. The maximum Gasteiger partial charge on any atom is 0.343 e. The summed E-state index contributed by atoms with van der Waals surface area (Å²) in [6.07, 6.45) is 2.86. The van der Waals surface area contributed by atoms with Crippen LogP contribution in [0.2, 0.25) is 5.02 Å². The third-order valence-corrected chi connectivity index (χ3v) is 3.87. The van der Waals surface area contributed by atoms with Crippen LogP contribution in [0.1, 0.15) is 36.0 Å². The number of carbonyl (C=O) groups excluding carboxylic acids is 2. The first kappa shape index (κ1) is 16.2. The monoisotopic (exact) mass is 324 g/mol. The highest BCUT2D eigenvalue weighted by Crippen LogP contribution is 2.28. The average molecular weight is 325 g/mol. The van der Waals surface area contributed by atoms with E-state index < -0.39 is 35.4 Å². The number of amides is 1. The molecule has 0 bridgehead atoms. The van der Waals surface area contributed by atoms with Crippen molar-refractivity contribution in [2.75, 3.05) is 6.61 Å². The third-order valence-electron chi connectivity index (χ3n) is 3.55. The van der Waals surface area contributed by atoms with Gasteiger partial charge in [-0.3, -0.25) is 4.79 Å². The molecule has 7 heteroatoms. The second-order valence-electron chi connectivity index (χ2n) is 5.12. The Bertz CT molecular complexity index is 616. The van der Waals surface area contributed by atoms with Gasteiger partial charge in [0.15, 0.2) is 6.61 Å². The van der Waals surface area contributed by atoms with Crippen molar-refractivity contribution in [3.05, 3.63) is 34.6 Å². The third kappa shape index (κ3) is 3.55. The van der Waals surface area contributed by atoms with Gasteiger partial charge in [0.05, 0.1) is 11.1 Å². The molecule has 0 spiro atoms. The number of esters is 1. The lowest BCUT2D eigenvalue weighted by atomic mass is 10.00. The highest BCUT2D eigenvalue weighted by molar-refractivity contribution is 6.33. The molecule has 1 amide bonds. The Hall–Kier alpha value is -2.13. The summed E-state index contributed by atoms with van der Waals surface area (Å²) in [6.45, 7) is -0.590. The summed E-state index contributed by atoms with van der Waals surface area (Å²) in [4.78, 5) is 23.6. The average Bonchev–Trinajstić information content (AvgIpc) is 2.94.